The zero-order valence-electron chi connectivity index (χ0n) is 16.6. The monoisotopic (exact) mass is 395 g/mol. The molecule has 0 radical (unpaired) electrons. The Hall–Kier alpha value is -3.35. The molecule has 2 aromatic carbocycles. The van der Waals surface area contributed by atoms with E-state index in [0.29, 0.717) is 23.4 Å². The fourth-order valence-electron chi connectivity index (χ4n) is 3.11. The smallest absolute Gasteiger partial charge is 0.262 e. The lowest BCUT2D eigenvalue weighted by atomic mass is 10.1. The third kappa shape index (κ3) is 5.34. The summed E-state index contributed by atoms with van der Waals surface area (Å²) >= 11 is 0. The molecule has 3 amide bonds. The minimum Gasteiger partial charge on any atom is -0.484 e. The summed E-state index contributed by atoms with van der Waals surface area (Å²) in [6, 6.07) is 13.9. The molecule has 7 nitrogen and oxygen atoms in total. The van der Waals surface area contributed by atoms with Gasteiger partial charge in [-0.2, -0.15) is 0 Å². The van der Waals surface area contributed by atoms with Gasteiger partial charge in [0.05, 0.1) is 11.3 Å². The number of anilines is 2. The highest BCUT2D eigenvalue weighted by Gasteiger charge is 2.21. The van der Waals surface area contributed by atoms with Crippen molar-refractivity contribution in [2.24, 2.45) is 0 Å². The number of rotatable bonds is 7. The molecule has 0 bridgehead atoms. The lowest BCUT2D eigenvalue weighted by molar-refractivity contribution is -0.118. The highest BCUT2D eigenvalue weighted by atomic mass is 16.5. The number of para-hydroxylation sites is 1. The second-order valence-corrected chi connectivity index (χ2v) is 7.15. The summed E-state index contributed by atoms with van der Waals surface area (Å²) in [4.78, 5) is 38.1. The molecule has 2 aromatic rings. The Morgan fingerprint density at radius 3 is 2.48 bits per heavy atom. The molecule has 0 spiro atoms. The first kappa shape index (κ1) is 20.4. The van der Waals surface area contributed by atoms with Crippen LogP contribution in [0, 0.1) is 0 Å². The predicted octanol–water partition coefficient (Wildman–Crippen LogP) is 2.97. The fourth-order valence-corrected chi connectivity index (χ4v) is 3.11. The average Bonchev–Trinajstić information content (AvgIpc) is 3.12. The molecular formula is C22H25N3O4. The van der Waals surface area contributed by atoms with Gasteiger partial charge in [0.15, 0.2) is 6.61 Å². The van der Waals surface area contributed by atoms with Gasteiger partial charge in [0, 0.05) is 24.7 Å². The molecule has 0 atom stereocenters. The van der Waals surface area contributed by atoms with Crippen molar-refractivity contribution in [3.8, 4) is 5.75 Å². The Morgan fingerprint density at radius 2 is 1.83 bits per heavy atom. The van der Waals surface area contributed by atoms with E-state index in [1.807, 2.05) is 26.0 Å². The van der Waals surface area contributed by atoms with Gasteiger partial charge >= 0.3 is 0 Å². The molecule has 0 aromatic heterocycles. The third-order valence-corrected chi connectivity index (χ3v) is 4.46. The summed E-state index contributed by atoms with van der Waals surface area (Å²) in [5.41, 5.74) is 1.66. The number of hydrogen-bond acceptors (Lipinski definition) is 4. The van der Waals surface area contributed by atoms with Crippen LogP contribution in [0.2, 0.25) is 0 Å². The van der Waals surface area contributed by atoms with Crippen molar-refractivity contribution in [2.45, 2.75) is 32.7 Å². The first-order chi connectivity index (χ1) is 13.9. The molecule has 0 aliphatic carbocycles. The number of amides is 3. The van der Waals surface area contributed by atoms with Crippen LogP contribution in [0.15, 0.2) is 48.5 Å². The zero-order chi connectivity index (χ0) is 20.8. The average molecular weight is 395 g/mol. The van der Waals surface area contributed by atoms with Crippen LogP contribution in [0.25, 0.3) is 0 Å². The molecule has 1 heterocycles. The molecule has 29 heavy (non-hydrogen) atoms. The number of carbonyl (C=O) groups is 3. The van der Waals surface area contributed by atoms with Gasteiger partial charge in [-0.3, -0.25) is 14.4 Å². The first-order valence-electron chi connectivity index (χ1n) is 9.67. The van der Waals surface area contributed by atoms with E-state index in [1.165, 1.54) is 0 Å². The Morgan fingerprint density at radius 1 is 1.10 bits per heavy atom. The molecule has 152 valence electrons. The van der Waals surface area contributed by atoms with Crippen LogP contribution in [-0.4, -0.2) is 36.9 Å². The highest BCUT2D eigenvalue weighted by molar-refractivity contribution is 6.04. The van der Waals surface area contributed by atoms with Crippen molar-refractivity contribution in [3.63, 3.8) is 0 Å². The van der Waals surface area contributed by atoms with Crippen LogP contribution in [0.4, 0.5) is 11.4 Å². The SMILES string of the molecule is CC(C)NC(=O)c1ccccc1NC(=O)COc1ccc(N2CCCC2=O)cc1. The summed E-state index contributed by atoms with van der Waals surface area (Å²) in [6.45, 7) is 4.28. The molecular weight excluding hydrogens is 370 g/mol. The number of nitrogens with zero attached hydrogens (tertiary/aromatic N) is 1. The normalized spacial score (nSPS) is 13.5. The van der Waals surface area contributed by atoms with E-state index in [-0.39, 0.29) is 30.4 Å². The van der Waals surface area contributed by atoms with Crippen molar-refractivity contribution in [1.29, 1.82) is 0 Å². The molecule has 0 unspecified atom stereocenters. The third-order valence-electron chi connectivity index (χ3n) is 4.46. The van der Waals surface area contributed by atoms with Crippen LogP contribution in [0.5, 0.6) is 5.75 Å². The van der Waals surface area contributed by atoms with Crippen LogP contribution < -0.4 is 20.3 Å². The number of nitrogens with one attached hydrogen (secondary N) is 2. The number of ether oxygens (including phenoxy) is 1. The minimum absolute atomic E-state index is 0.00610. The lowest BCUT2D eigenvalue weighted by Gasteiger charge is -2.16. The molecule has 2 N–H and O–H groups in total. The second-order valence-electron chi connectivity index (χ2n) is 7.15. The van der Waals surface area contributed by atoms with E-state index >= 15 is 0 Å². The largest absolute Gasteiger partial charge is 0.484 e. The molecule has 1 aliphatic heterocycles. The molecule has 7 heteroatoms. The van der Waals surface area contributed by atoms with Crippen molar-refractivity contribution < 1.29 is 19.1 Å². The van der Waals surface area contributed by atoms with Crippen molar-refractivity contribution in [3.05, 3.63) is 54.1 Å². The van der Waals surface area contributed by atoms with E-state index in [1.54, 1.807) is 41.3 Å². The maximum atomic E-state index is 12.3. The van der Waals surface area contributed by atoms with E-state index in [0.717, 1.165) is 18.7 Å². The van der Waals surface area contributed by atoms with Gasteiger partial charge < -0.3 is 20.3 Å². The van der Waals surface area contributed by atoms with Gasteiger partial charge in [0.2, 0.25) is 5.91 Å². The van der Waals surface area contributed by atoms with Gasteiger partial charge in [0.25, 0.3) is 11.8 Å². The predicted molar refractivity (Wildman–Crippen MR) is 111 cm³/mol. The summed E-state index contributed by atoms with van der Waals surface area (Å²) < 4.78 is 5.53. The first-order valence-corrected chi connectivity index (χ1v) is 9.67. The summed E-state index contributed by atoms with van der Waals surface area (Å²) in [6.07, 6.45) is 1.45. The lowest BCUT2D eigenvalue weighted by Crippen LogP contribution is -2.31. The van der Waals surface area contributed by atoms with Gasteiger partial charge in [-0.05, 0) is 56.7 Å². The van der Waals surface area contributed by atoms with Crippen molar-refractivity contribution >= 4 is 29.1 Å². The zero-order valence-corrected chi connectivity index (χ0v) is 16.6. The second kappa shape index (κ2) is 9.23. The summed E-state index contributed by atoms with van der Waals surface area (Å²) in [7, 11) is 0. The highest BCUT2D eigenvalue weighted by Crippen LogP contribution is 2.24. The molecule has 1 aliphatic rings. The van der Waals surface area contributed by atoms with Crippen LogP contribution >= 0.6 is 0 Å². The Balaban J connectivity index is 1.56. The fraction of sp³-hybridized carbons (Fsp3) is 0.318. The van der Waals surface area contributed by atoms with Crippen molar-refractivity contribution in [1.82, 2.24) is 5.32 Å². The van der Waals surface area contributed by atoms with E-state index in [2.05, 4.69) is 10.6 Å². The molecule has 0 saturated carbocycles. The van der Waals surface area contributed by atoms with Crippen LogP contribution in [-0.2, 0) is 9.59 Å². The number of carbonyl (C=O) groups excluding carboxylic acids is 3. The quantitative estimate of drug-likeness (QED) is 0.755. The minimum atomic E-state index is -0.367. The van der Waals surface area contributed by atoms with Crippen LogP contribution in [0.1, 0.15) is 37.0 Å². The number of benzene rings is 2. The Kier molecular flexibility index (Phi) is 6.49. The maximum Gasteiger partial charge on any atom is 0.262 e. The number of hydrogen-bond donors (Lipinski definition) is 2. The van der Waals surface area contributed by atoms with Crippen LogP contribution in [0.3, 0.4) is 0 Å². The van der Waals surface area contributed by atoms with Gasteiger partial charge in [0.1, 0.15) is 5.75 Å². The molecule has 1 saturated heterocycles. The topological polar surface area (TPSA) is 87.7 Å². The standard InChI is InChI=1S/C22H25N3O4/c1-15(2)23-22(28)18-6-3-4-7-19(18)24-20(26)14-29-17-11-9-16(10-12-17)25-13-5-8-21(25)27/h3-4,6-7,9-12,15H,5,8,13-14H2,1-2H3,(H,23,28)(H,24,26). The summed E-state index contributed by atoms with van der Waals surface area (Å²) in [5.74, 6) is 0.0389. The molecule has 1 fully saturated rings. The van der Waals surface area contributed by atoms with E-state index in [9.17, 15) is 14.4 Å². The Labute approximate surface area is 170 Å². The van der Waals surface area contributed by atoms with Gasteiger partial charge in [-0.25, -0.2) is 0 Å². The van der Waals surface area contributed by atoms with E-state index in [4.69, 9.17) is 4.74 Å². The van der Waals surface area contributed by atoms with Crippen molar-refractivity contribution in [2.75, 3.05) is 23.4 Å². The maximum absolute atomic E-state index is 12.3. The summed E-state index contributed by atoms with van der Waals surface area (Å²) in [5, 5.41) is 5.53. The van der Waals surface area contributed by atoms with E-state index < -0.39 is 0 Å². The van der Waals surface area contributed by atoms with Gasteiger partial charge in [-0.1, -0.05) is 12.1 Å². The van der Waals surface area contributed by atoms with Gasteiger partial charge in [-0.15, -0.1) is 0 Å². The molecule has 3 rings (SSSR count). The Bertz CT molecular complexity index is 893.